The van der Waals surface area contributed by atoms with Gasteiger partial charge in [-0.1, -0.05) is 30.0 Å². The Morgan fingerprint density at radius 2 is 1.84 bits per heavy atom. The Morgan fingerprint density at radius 3 is 2.58 bits per heavy atom. The predicted molar refractivity (Wildman–Crippen MR) is 116 cm³/mol. The molecule has 156 valence electrons. The lowest BCUT2D eigenvalue weighted by molar-refractivity contribution is 0.0993. The van der Waals surface area contributed by atoms with Crippen molar-refractivity contribution in [3.05, 3.63) is 93.9 Å². The molecule has 5 nitrogen and oxygen atoms in total. The largest absolute Gasteiger partial charge is 0.293 e. The fourth-order valence-electron chi connectivity index (χ4n) is 3.19. The van der Waals surface area contributed by atoms with Crippen molar-refractivity contribution in [1.29, 1.82) is 0 Å². The first kappa shape index (κ1) is 20.9. The van der Waals surface area contributed by atoms with Crippen molar-refractivity contribution in [2.45, 2.75) is 24.3 Å². The summed E-state index contributed by atoms with van der Waals surface area (Å²) >= 11 is 1.06. The van der Waals surface area contributed by atoms with Crippen LogP contribution in [-0.4, -0.2) is 25.6 Å². The first-order chi connectivity index (χ1) is 14.9. The molecule has 0 fully saturated rings. The number of para-hydroxylation sites is 1. The summed E-state index contributed by atoms with van der Waals surface area (Å²) in [7, 11) is 0. The molecule has 31 heavy (non-hydrogen) atoms. The molecule has 0 bridgehead atoms. The van der Waals surface area contributed by atoms with Crippen molar-refractivity contribution in [3.63, 3.8) is 0 Å². The van der Waals surface area contributed by atoms with Gasteiger partial charge >= 0.3 is 0 Å². The number of benzene rings is 2. The summed E-state index contributed by atoms with van der Waals surface area (Å²) in [6, 6.07) is 13.6. The first-order valence-corrected chi connectivity index (χ1v) is 10.3. The Balaban J connectivity index is 1.82. The number of carbonyl (C=O) groups is 1. The quantitative estimate of drug-likeness (QED) is 0.257. The number of thioether (sulfide) groups is 1. The van der Waals surface area contributed by atoms with Crippen LogP contribution >= 0.6 is 11.8 Å². The zero-order valence-corrected chi connectivity index (χ0v) is 17.5. The molecule has 2 aromatic carbocycles. The maximum absolute atomic E-state index is 13.6. The Kier molecular flexibility index (Phi) is 5.65. The van der Waals surface area contributed by atoms with Gasteiger partial charge in [0, 0.05) is 11.8 Å². The third-order valence-electron chi connectivity index (χ3n) is 4.79. The number of hydrogen-bond donors (Lipinski definition) is 0. The molecule has 8 heteroatoms. The van der Waals surface area contributed by atoms with Gasteiger partial charge < -0.3 is 0 Å². The number of aromatic nitrogens is 3. The van der Waals surface area contributed by atoms with E-state index in [4.69, 9.17) is 0 Å². The Labute approximate surface area is 180 Å². The van der Waals surface area contributed by atoms with Crippen molar-refractivity contribution in [1.82, 2.24) is 14.5 Å². The normalized spacial score (nSPS) is 12.1. The van der Waals surface area contributed by atoms with Crippen LogP contribution in [-0.2, 0) is 0 Å². The molecule has 0 saturated heterocycles. The number of nitrogens with zero attached hydrogens (tertiary/aromatic N) is 3. The van der Waals surface area contributed by atoms with Gasteiger partial charge in [-0.25, -0.2) is 23.3 Å². The third-order valence-corrected chi connectivity index (χ3v) is 5.85. The van der Waals surface area contributed by atoms with E-state index in [0.717, 1.165) is 29.5 Å². The van der Waals surface area contributed by atoms with Crippen LogP contribution < -0.4 is 5.56 Å². The highest BCUT2D eigenvalue weighted by atomic mass is 32.2. The van der Waals surface area contributed by atoms with E-state index in [2.05, 4.69) is 9.97 Å². The van der Waals surface area contributed by atoms with Crippen LogP contribution in [0.4, 0.5) is 8.78 Å². The fourth-order valence-corrected chi connectivity index (χ4v) is 4.17. The van der Waals surface area contributed by atoms with Crippen LogP contribution in [0.2, 0.25) is 0 Å². The molecule has 1 atom stereocenters. The van der Waals surface area contributed by atoms with E-state index in [1.165, 1.54) is 10.6 Å². The van der Waals surface area contributed by atoms with Gasteiger partial charge in [-0.05, 0) is 55.8 Å². The fraction of sp³-hybridized carbons (Fsp3) is 0.130. The second kappa shape index (κ2) is 8.39. The summed E-state index contributed by atoms with van der Waals surface area (Å²) in [6.45, 7) is 3.46. The van der Waals surface area contributed by atoms with Crippen molar-refractivity contribution in [2.24, 2.45) is 0 Å². The summed E-state index contributed by atoms with van der Waals surface area (Å²) in [5.41, 5.74) is 1.00. The molecule has 1 unspecified atom stereocenters. The van der Waals surface area contributed by atoms with E-state index in [1.54, 1.807) is 43.5 Å². The highest BCUT2D eigenvalue weighted by Crippen LogP contribution is 2.27. The summed E-state index contributed by atoms with van der Waals surface area (Å²) < 4.78 is 28.2. The summed E-state index contributed by atoms with van der Waals surface area (Å²) in [6.07, 6.45) is 1.58. The summed E-state index contributed by atoms with van der Waals surface area (Å²) in [4.78, 5) is 35.1. The summed E-state index contributed by atoms with van der Waals surface area (Å²) in [5, 5.41) is -0.00128. The number of ketones is 1. The van der Waals surface area contributed by atoms with Crippen LogP contribution in [0.5, 0.6) is 0 Å². The molecule has 0 aliphatic heterocycles. The van der Waals surface area contributed by atoms with Gasteiger partial charge in [0.1, 0.15) is 5.82 Å². The second-order valence-electron chi connectivity index (χ2n) is 6.95. The minimum Gasteiger partial charge on any atom is -0.293 e. The van der Waals surface area contributed by atoms with E-state index in [1.807, 2.05) is 13.0 Å². The van der Waals surface area contributed by atoms with Crippen molar-refractivity contribution < 1.29 is 13.6 Å². The van der Waals surface area contributed by atoms with E-state index < -0.39 is 22.7 Å². The molecule has 0 aliphatic carbocycles. The number of rotatable bonds is 5. The van der Waals surface area contributed by atoms with Gasteiger partial charge in [0.2, 0.25) is 0 Å². The van der Waals surface area contributed by atoms with E-state index in [-0.39, 0.29) is 16.3 Å². The van der Waals surface area contributed by atoms with Gasteiger partial charge in [0.25, 0.3) is 5.56 Å². The molecule has 0 aliphatic rings. The number of halogens is 2. The van der Waals surface area contributed by atoms with Crippen LogP contribution in [0.3, 0.4) is 0 Å². The van der Waals surface area contributed by atoms with Gasteiger partial charge in [-0.15, -0.1) is 0 Å². The van der Waals surface area contributed by atoms with E-state index in [0.29, 0.717) is 16.7 Å². The lowest BCUT2D eigenvalue weighted by Gasteiger charge is -2.16. The SMILES string of the molecule is Cc1cccnc1-n1c(SC(C)C(=O)c2ccc(F)c(F)c2)nc2ccccc2c1=O. The second-order valence-corrected chi connectivity index (χ2v) is 8.26. The number of carbonyl (C=O) groups excluding carboxylic acids is 1. The number of Topliss-reactive ketones (excluding diaryl/α,β-unsaturated/α-hetero) is 1. The number of hydrogen-bond acceptors (Lipinski definition) is 5. The highest BCUT2D eigenvalue weighted by molar-refractivity contribution is 8.00. The number of aryl methyl sites for hydroxylation is 1. The molecular weight excluding hydrogens is 420 g/mol. The Bertz CT molecular complexity index is 1370. The average Bonchev–Trinajstić information content (AvgIpc) is 2.76. The highest BCUT2D eigenvalue weighted by Gasteiger charge is 2.23. The summed E-state index contributed by atoms with van der Waals surface area (Å²) in [5.74, 6) is -2.10. The molecule has 2 heterocycles. The number of fused-ring (bicyclic) bond motifs is 1. The Morgan fingerprint density at radius 1 is 1.06 bits per heavy atom. The third kappa shape index (κ3) is 3.98. The maximum Gasteiger partial charge on any atom is 0.267 e. The van der Waals surface area contributed by atoms with E-state index in [9.17, 15) is 18.4 Å². The van der Waals surface area contributed by atoms with Crippen LogP contribution in [0.1, 0.15) is 22.8 Å². The van der Waals surface area contributed by atoms with Crippen LogP contribution in [0.25, 0.3) is 16.7 Å². The number of pyridine rings is 1. The predicted octanol–water partition coefficient (Wildman–Crippen LogP) is 4.73. The molecular formula is C23H17F2N3O2S. The lowest BCUT2D eigenvalue weighted by Crippen LogP contribution is -2.25. The van der Waals surface area contributed by atoms with E-state index >= 15 is 0 Å². The maximum atomic E-state index is 13.6. The molecule has 4 aromatic rings. The average molecular weight is 437 g/mol. The zero-order chi connectivity index (χ0) is 22.1. The molecule has 0 spiro atoms. The van der Waals surface area contributed by atoms with Gasteiger partial charge in [0.15, 0.2) is 22.6 Å². The topological polar surface area (TPSA) is 64.8 Å². The van der Waals surface area contributed by atoms with Gasteiger partial charge in [0.05, 0.1) is 16.2 Å². The molecule has 0 radical (unpaired) electrons. The van der Waals surface area contributed by atoms with Gasteiger partial charge in [-0.3, -0.25) is 9.59 Å². The Hall–Kier alpha value is -3.39. The molecule has 4 rings (SSSR count). The molecule has 0 saturated carbocycles. The first-order valence-electron chi connectivity index (χ1n) is 9.46. The lowest BCUT2D eigenvalue weighted by atomic mass is 10.1. The molecule has 0 N–H and O–H groups in total. The smallest absolute Gasteiger partial charge is 0.267 e. The van der Waals surface area contributed by atoms with Gasteiger partial charge in [-0.2, -0.15) is 0 Å². The zero-order valence-electron chi connectivity index (χ0n) is 16.7. The van der Waals surface area contributed by atoms with Crippen molar-refractivity contribution >= 4 is 28.4 Å². The van der Waals surface area contributed by atoms with Crippen molar-refractivity contribution in [3.8, 4) is 5.82 Å². The van der Waals surface area contributed by atoms with Crippen LogP contribution in [0.15, 0.2) is 70.7 Å². The molecule has 0 amide bonds. The minimum absolute atomic E-state index is 0.0441. The van der Waals surface area contributed by atoms with Crippen molar-refractivity contribution in [2.75, 3.05) is 0 Å². The molecule has 2 aromatic heterocycles. The minimum atomic E-state index is -1.09. The standard InChI is InChI=1S/C23H17F2N3O2S/c1-13-6-5-11-26-21(13)28-22(30)16-7-3-4-8-19(16)27-23(28)31-14(2)20(29)15-9-10-17(24)18(25)12-15/h3-12,14H,1-2H3. The monoisotopic (exact) mass is 437 g/mol. The van der Waals surface area contributed by atoms with Crippen LogP contribution in [0, 0.1) is 18.6 Å².